The van der Waals surface area contributed by atoms with E-state index in [-0.39, 0.29) is 36.6 Å². The maximum Gasteiger partial charge on any atom is 0.242 e. The third-order valence-corrected chi connectivity index (χ3v) is 6.49. The lowest BCUT2D eigenvalue weighted by Crippen LogP contribution is -2.50. The molecule has 0 aliphatic heterocycles. The van der Waals surface area contributed by atoms with Crippen molar-refractivity contribution >= 4 is 11.8 Å². The zero-order valence-electron chi connectivity index (χ0n) is 20.3. The summed E-state index contributed by atoms with van der Waals surface area (Å²) in [5.41, 5.74) is 1.30. The molecule has 0 saturated heterocycles. The van der Waals surface area contributed by atoms with Gasteiger partial charge < -0.3 is 19.7 Å². The zero-order chi connectivity index (χ0) is 24.5. The SMILES string of the molecule is COc1ccc(CCC(=O)N(Cc2ccccc2F)[C@@H](C)C(=O)NC2CCCCC2)cc1OC. The lowest BCUT2D eigenvalue weighted by Gasteiger charge is -2.31. The number of amides is 2. The number of benzene rings is 2. The van der Waals surface area contributed by atoms with Crippen LogP contribution in [0, 0.1) is 5.82 Å². The van der Waals surface area contributed by atoms with Gasteiger partial charge >= 0.3 is 0 Å². The molecule has 0 spiro atoms. The van der Waals surface area contributed by atoms with Crippen molar-refractivity contribution in [2.75, 3.05) is 14.2 Å². The van der Waals surface area contributed by atoms with E-state index in [1.54, 1.807) is 45.4 Å². The number of nitrogens with zero attached hydrogens (tertiary/aromatic N) is 1. The van der Waals surface area contributed by atoms with Crippen LogP contribution >= 0.6 is 0 Å². The molecule has 6 nitrogen and oxygen atoms in total. The summed E-state index contributed by atoms with van der Waals surface area (Å²) in [7, 11) is 3.14. The van der Waals surface area contributed by atoms with Crippen molar-refractivity contribution in [3.63, 3.8) is 0 Å². The number of methoxy groups -OCH3 is 2. The van der Waals surface area contributed by atoms with Gasteiger partial charge in [0, 0.05) is 24.6 Å². The fourth-order valence-corrected chi connectivity index (χ4v) is 4.39. The second-order valence-electron chi connectivity index (χ2n) is 8.82. The zero-order valence-corrected chi connectivity index (χ0v) is 20.3. The molecule has 0 bridgehead atoms. The van der Waals surface area contributed by atoms with Crippen LogP contribution in [0.4, 0.5) is 4.39 Å². The number of hydrogen-bond acceptors (Lipinski definition) is 4. The molecule has 34 heavy (non-hydrogen) atoms. The normalized spacial score (nSPS) is 14.8. The summed E-state index contributed by atoms with van der Waals surface area (Å²) < 4.78 is 25.0. The molecule has 2 aromatic rings. The van der Waals surface area contributed by atoms with Crippen LogP contribution in [-0.2, 0) is 22.6 Å². The van der Waals surface area contributed by atoms with Crippen LogP contribution in [-0.4, -0.2) is 43.0 Å². The van der Waals surface area contributed by atoms with E-state index >= 15 is 0 Å². The van der Waals surface area contributed by atoms with Crippen molar-refractivity contribution in [2.24, 2.45) is 0 Å². The Labute approximate surface area is 201 Å². The second kappa shape index (κ2) is 12.4. The van der Waals surface area contributed by atoms with Gasteiger partial charge in [0.2, 0.25) is 11.8 Å². The van der Waals surface area contributed by atoms with Gasteiger partial charge in [0.05, 0.1) is 14.2 Å². The van der Waals surface area contributed by atoms with E-state index in [9.17, 15) is 14.0 Å². The molecule has 1 aliphatic carbocycles. The van der Waals surface area contributed by atoms with Crippen LogP contribution in [0.25, 0.3) is 0 Å². The Morgan fingerprint density at radius 3 is 2.44 bits per heavy atom. The summed E-state index contributed by atoms with van der Waals surface area (Å²) in [4.78, 5) is 27.8. The van der Waals surface area contributed by atoms with Gasteiger partial charge in [-0.3, -0.25) is 9.59 Å². The number of aryl methyl sites for hydroxylation is 1. The van der Waals surface area contributed by atoms with Crippen LogP contribution in [0.5, 0.6) is 11.5 Å². The van der Waals surface area contributed by atoms with Gasteiger partial charge in [0.1, 0.15) is 11.9 Å². The van der Waals surface area contributed by atoms with Crippen LogP contribution in [0.3, 0.4) is 0 Å². The number of nitrogens with one attached hydrogen (secondary N) is 1. The fraction of sp³-hybridized carbons (Fsp3) is 0.481. The highest BCUT2D eigenvalue weighted by atomic mass is 19.1. The molecule has 2 aromatic carbocycles. The molecule has 7 heteroatoms. The van der Waals surface area contributed by atoms with Gasteiger partial charge in [0.15, 0.2) is 11.5 Å². The fourth-order valence-electron chi connectivity index (χ4n) is 4.39. The van der Waals surface area contributed by atoms with Crippen molar-refractivity contribution < 1.29 is 23.5 Å². The van der Waals surface area contributed by atoms with Gasteiger partial charge in [-0.05, 0) is 49.9 Å². The quantitative estimate of drug-likeness (QED) is 0.549. The summed E-state index contributed by atoms with van der Waals surface area (Å²) in [5, 5.41) is 3.10. The maximum atomic E-state index is 14.4. The van der Waals surface area contributed by atoms with Gasteiger partial charge in [-0.2, -0.15) is 0 Å². The Morgan fingerprint density at radius 1 is 1.06 bits per heavy atom. The molecule has 2 amide bonds. The van der Waals surface area contributed by atoms with E-state index in [2.05, 4.69) is 5.32 Å². The minimum Gasteiger partial charge on any atom is -0.493 e. The second-order valence-corrected chi connectivity index (χ2v) is 8.82. The summed E-state index contributed by atoms with van der Waals surface area (Å²) >= 11 is 0. The average molecular weight is 471 g/mol. The van der Waals surface area contributed by atoms with Crippen LogP contribution in [0.15, 0.2) is 42.5 Å². The largest absolute Gasteiger partial charge is 0.493 e. The van der Waals surface area contributed by atoms with Crippen LogP contribution < -0.4 is 14.8 Å². The lowest BCUT2D eigenvalue weighted by atomic mass is 9.95. The first kappa shape index (κ1) is 25.5. The van der Waals surface area contributed by atoms with Crippen molar-refractivity contribution in [2.45, 2.75) is 70.5 Å². The van der Waals surface area contributed by atoms with Crippen molar-refractivity contribution in [3.05, 3.63) is 59.4 Å². The number of carbonyl (C=O) groups excluding carboxylic acids is 2. The third-order valence-electron chi connectivity index (χ3n) is 6.49. The highest BCUT2D eigenvalue weighted by Gasteiger charge is 2.28. The van der Waals surface area contributed by atoms with E-state index in [1.807, 2.05) is 12.1 Å². The molecule has 184 valence electrons. The van der Waals surface area contributed by atoms with Crippen molar-refractivity contribution in [1.82, 2.24) is 10.2 Å². The minimum atomic E-state index is -0.709. The predicted molar refractivity (Wildman–Crippen MR) is 129 cm³/mol. The third kappa shape index (κ3) is 6.72. The van der Waals surface area contributed by atoms with Crippen LogP contribution in [0.2, 0.25) is 0 Å². The molecular weight excluding hydrogens is 435 g/mol. The summed E-state index contributed by atoms with van der Waals surface area (Å²) in [6, 6.07) is 11.3. The van der Waals surface area contributed by atoms with E-state index in [0.29, 0.717) is 23.5 Å². The highest BCUT2D eigenvalue weighted by Crippen LogP contribution is 2.28. The van der Waals surface area contributed by atoms with E-state index in [1.165, 1.54) is 17.4 Å². The Balaban J connectivity index is 1.73. The lowest BCUT2D eigenvalue weighted by molar-refractivity contribution is -0.141. The van der Waals surface area contributed by atoms with E-state index < -0.39 is 6.04 Å². The minimum absolute atomic E-state index is 0.0384. The smallest absolute Gasteiger partial charge is 0.242 e. The first-order chi connectivity index (χ1) is 16.4. The molecule has 1 saturated carbocycles. The van der Waals surface area contributed by atoms with Gasteiger partial charge in [0.25, 0.3) is 0 Å². The number of halogens is 1. The Kier molecular flexibility index (Phi) is 9.31. The number of carbonyl (C=O) groups is 2. The monoisotopic (exact) mass is 470 g/mol. The Morgan fingerprint density at radius 2 is 1.76 bits per heavy atom. The summed E-state index contributed by atoms with van der Waals surface area (Å²) in [5.74, 6) is 0.426. The molecule has 0 aromatic heterocycles. The average Bonchev–Trinajstić information content (AvgIpc) is 2.86. The summed E-state index contributed by atoms with van der Waals surface area (Å²) in [6.07, 6.45) is 5.95. The van der Waals surface area contributed by atoms with Gasteiger partial charge in [-0.15, -0.1) is 0 Å². The first-order valence-electron chi connectivity index (χ1n) is 12.0. The molecule has 0 heterocycles. The maximum absolute atomic E-state index is 14.4. The molecule has 0 radical (unpaired) electrons. The van der Waals surface area contributed by atoms with Crippen molar-refractivity contribution in [3.8, 4) is 11.5 Å². The Hall–Kier alpha value is -3.09. The predicted octanol–water partition coefficient (Wildman–Crippen LogP) is 4.64. The summed E-state index contributed by atoms with van der Waals surface area (Å²) in [6.45, 7) is 1.75. The first-order valence-corrected chi connectivity index (χ1v) is 12.0. The topological polar surface area (TPSA) is 67.9 Å². The number of hydrogen-bond donors (Lipinski definition) is 1. The molecular formula is C27H35FN2O4. The van der Waals surface area contributed by atoms with Crippen LogP contribution in [0.1, 0.15) is 56.6 Å². The van der Waals surface area contributed by atoms with E-state index in [0.717, 1.165) is 31.2 Å². The van der Waals surface area contributed by atoms with Gasteiger partial charge in [-0.1, -0.05) is 43.5 Å². The standard InChI is InChI=1S/C27H35FN2O4/c1-19(27(32)29-22-10-5-4-6-11-22)30(18-21-9-7-8-12-23(21)28)26(31)16-14-20-13-15-24(33-2)25(17-20)34-3/h7-9,12-13,15,17,19,22H,4-6,10-11,14,16,18H2,1-3H3,(H,29,32)/t19-/m0/s1. The molecule has 1 N–H and O–H groups in total. The molecule has 1 atom stereocenters. The van der Waals surface area contributed by atoms with Crippen molar-refractivity contribution in [1.29, 1.82) is 0 Å². The van der Waals surface area contributed by atoms with E-state index in [4.69, 9.17) is 9.47 Å². The highest BCUT2D eigenvalue weighted by molar-refractivity contribution is 5.87. The molecule has 1 aliphatic rings. The number of ether oxygens (including phenoxy) is 2. The Bertz CT molecular complexity index is 975. The number of rotatable bonds is 10. The molecule has 3 rings (SSSR count). The molecule has 0 unspecified atom stereocenters. The van der Waals surface area contributed by atoms with Gasteiger partial charge in [-0.25, -0.2) is 4.39 Å². The molecule has 1 fully saturated rings.